The Morgan fingerprint density at radius 3 is 2.88 bits per heavy atom. The van der Waals surface area contributed by atoms with E-state index >= 15 is 0 Å². The van der Waals surface area contributed by atoms with E-state index in [1.54, 1.807) is 11.3 Å². The van der Waals surface area contributed by atoms with Crippen molar-refractivity contribution in [2.75, 3.05) is 33.7 Å². The third-order valence-electron chi connectivity index (χ3n) is 3.80. The van der Waals surface area contributed by atoms with Gasteiger partial charge in [-0.25, -0.2) is 0 Å². The van der Waals surface area contributed by atoms with Crippen LogP contribution in [0.15, 0.2) is 11.4 Å². The zero-order valence-electron chi connectivity index (χ0n) is 11.0. The molecule has 17 heavy (non-hydrogen) atoms. The summed E-state index contributed by atoms with van der Waals surface area (Å²) in [4.78, 5) is 6.21. The van der Waals surface area contributed by atoms with Crippen LogP contribution >= 0.6 is 11.3 Å². The third kappa shape index (κ3) is 3.07. The van der Waals surface area contributed by atoms with Crippen LogP contribution in [0.3, 0.4) is 0 Å². The number of hydrogen-bond acceptors (Lipinski definition) is 4. The van der Waals surface area contributed by atoms with Crippen molar-refractivity contribution in [2.45, 2.75) is 25.4 Å². The van der Waals surface area contributed by atoms with Crippen molar-refractivity contribution >= 4 is 11.3 Å². The van der Waals surface area contributed by atoms with Crippen LogP contribution in [0.1, 0.15) is 22.9 Å². The summed E-state index contributed by atoms with van der Waals surface area (Å²) in [6.45, 7) is 5.61. The van der Waals surface area contributed by atoms with Gasteiger partial charge in [0.1, 0.15) is 0 Å². The van der Waals surface area contributed by atoms with E-state index in [4.69, 9.17) is 5.73 Å². The van der Waals surface area contributed by atoms with Crippen molar-refractivity contribution in [2.24, 2.45) is 5.73 Å². The molecule has 1 fully saturated rings. The van der Waals surface area contributed by atoms with Crippen LogP contribution in [-0.4, -0.2) is 49.6 Å². The fraction of sp³-hybridized carbons (Fsp3) is 0.692. The lowest BCUT2D eigenvalue weighted by atomic mass is 9.98. The second-order valence-electron chi connectivity index (χ2n) is 5.17. The first kappa shape index (κ1) is 13.0. The highest BCUT2D eigenvalue weighted by molar-refractivity contribution is 7.10. The first-order chi connectivity index (χ1) is 8.08. The number of likely N-dealkylation sites (N-methyl/N-ethyl adjacent to an activating group) is 2. The Hall–Kier alpha value is -0.420. The second kappa shape index (κ2) is 5.48. The number of piperazine rings is 1. The van der Waals surface area contributed by atoms with Crippen LogP contribution in [0.5, 0.6) is 0 Å². The van der Waals surface area contributed by atoms with Crippen LogP contribution in [-0.2, 0) is 0 Å². The molecule has 0 spiro atoms. The van der Waals surface area contributed by atoms with Crippen molar-refractivity contribution in [3.63, 3.8) is 0 Å². The summed E-state index contributed by atoms with van der Waals surface area (Å²) >= 11 is 1.79. The van der Waals surface area contributed by atoms with Gasteiger partial charge in [0.2, 0.25) is 0 Å². The predicted octanol–water partition coefficient (Wildman–Crippen LogP) is 1.69. The third-order valence-corrected chi connectivity index (χ3v) is 4.67. The van der Waals surface area contributed by atoms with Crippen LogP contribution in [0.2, 0.25) is 0 Å². The molecule has 1 aromatic heterocycles. The number of thiophene rings is 1. The van der Waals surface area contributed by atoms with Gasteiger partial charge in [0, 0.05) is 36.6 Å². The van der Waals surface area contributed by atoms with Gasteiger partial charge in [-0.3, -0.25) is 0 Å². The molecule has 0 aromatic carbocycles. The molecule has 4 heteroatoms. The van der Waals surface area contributed by atoms with Gasteiger partial charge in [0.25, 0.3) is 0 Å². The van der Waals surface area contributed by atoms with Crippen LogP contribution < -0.4 is 5.73 Å². The molecule has 2 N–H and O–H groups in total. The number of nitrogens with zero attached hydrogens (tertiary/aromatic N) is 2. The lowest BCUT2D eigenvalue weighted by Gasteiger charge is -2.38. The SMILES string of the molecule is Cc1sccc1C(N)CC1CN(C)CCN1C. The molecule has 0 amide bonds. The molecule has 1 aliphatic rings. The van der Waals surface area contributed by atoms with E-state index in [0.29, 0.717) is 6.04 Å². The molecule has 0 bridgehead atoms. The standard InChI is InChI=1S/C13H23N3S/c1-10-12(4-7-17-10)13(14)8-11-9-15(2)5-6-16(11)3/h4,7,11,13H,5-6,8-9,14H2,1-3H3. The Morgan fingerprint density at radius 1 is 1.47 bits per heavy atom. The van der Waals surface area contributed by atoms with E-state index in [-0.39, 0.29) is 6.04 Å². The molecule has 2 heterocycles. The van der Waals surface area contributed by atoms with E-state index in [1.165, 1.54) is 17.0 Å². The van der Waals surface area contributed by atoms with Crippen molar-refractivity contribution in [1.82, 2.24) is 9.80 Å². The van der Waals surface area contributed by atoms with Crippen LogP contribution in [0, 0.1) is 6.92 Å². The molecule has 1 aliphatic heterocycles. The topological polar surface area (TPSA) is 32.5 Å². The Morgan fingerprint density at radius 2 is 2.24 bits per heavy atom. The lowest BCUT2D eigenvalue weighted by molar-refractivity contribution is 0.104. The zero-order valence-corrected chi connectivity index (χ0v) is 11.8. The molecule has 96 valence electrons. The Balaban J connectivity index is 1.98. The molecule has 0 radical (unpaired) electrons. The van der Waals surface area contributed by atoms with Crippen LogP contribution in [0.25, 0.3) is 0 Å². The minimum Gasteiger partial charge on any atom is -0.324 e. The van der Waals surface area contributed by atoms with Crippen molar-refractivity contribution in [3.8, 4) is 0 Å². The van der Waals surface area contributed by atoms with E-state index in [2.05, 4.69) is 42.3 Å². The molecule has 0 aliphatic carbocycles. The molecule has 2 rings (SSSR count). The summed E-state index contributed by atoms with van der Waals surface area (Å²) in [6.07, 6.45) is 1.05. The van der Waals surface area contributed by atoms with E-state index in [0.717, 1.165) is 19.5 Å². The first-order valence-corrected chi connectivity index (χ1v) is 7.14. The fourth-order valence-corrected chi connectivity index (χ4v) is 3.33. The quantitative estimate of drug-likeness (QED) is 0.890. The van der Waals surface area contributed by atoms with Gasteiger partial charge in [-0.05, 0) is 44.4 Å². The summed E-state index contributed by atoms with van der Waals surface area (Å²) in [5.74, 6) is 0. The first-order valence-electron chi connectivity index (χ1n) is 6.26. The molecule has 2 unspecified atom stereocenters. The molecular weight excluding hydrogens is 230 g/mol. The highest BCUT2D eigenvalue weighted by Crippen LogP contribution is 2.26. The highest BCUT2D eigenvalue weighted by Gasteiger charge is 2.25. The number of nitrogens with two attached hydrogens (primary N) is 1. The molecule has 2 atom stereocenters. The molecule has 1 saturated heterocycles. The van der Waals surface area contributed by atoms with Crippen molar-refractivity contribution in [1.29, 1.82) is 0 Å². The minimum atomic E-state index is 0.181. The predicted molar refractivity (Wildman–Crippen MR) is 74.5 cm³/mol. The van der Waals surface area contributed by atoms with Gasteiger partial charge in [-0.1, -0.05) is 0 Å². The maximum absolute atomic E-state index is 6.34. The normalized spacial score (nSPS) is 25.1. The second-order valence-corrected chi connectivity index (χ2v) is 6.29. The van der Waals surface area contributed by atoms with Gasteiger partial charge >= 0.3 is 0 Å². The molecule has 0 saturated carbocycles. The van der Waals surface area contributed by atoms with E-state index in [9.17, 15) is 0 Å². The fourth-order valence-electron chi connectivity index (χ4n) is 2.56. The van der Waals surface area contributed by atoms with Gasteiger partial charge in [-0.2, -0.15) is 0 Å². The summed E-state index contributed by atoms with van der Waals surface area (Å²) in [5, 5.41) is 2.14. The maximum Gasteiger partial charge on any atom is 0.0321 e. The van der Waals surface area contributed by atoms with Gasteiger partial charge in [-0.15, -0.1) is 11.3 Å². The Labute approximate surface area is 108 Å². The van der Waals surface area contributed by atoms with E-state index < -0.39 is 0 Å². The van der Waals surface area contributed by atoms with Crippen LogP contribution in [0.4, 0.5) is 0 Å². The molecular formula is C13H23N3S. The summed E-state index contributed by atoms with van der Waals surface area (Å²) in [6, 6.07) is 2.94. The maximum atomic E-state index is 6.34. The van der Waals surface area contributed by atoms with Gasteiger partial charge in [0.15, 0.2) is 0 Å². The number of rotatable bonds is 3. The average Bonchev–Trinajstić information content (AvgIpc) is 2.70. The molecule has 1 aromatic rings. The number of hydrogen-bond donors (Lipinski definition) is 1. The smallest absolute Gasteiger partial charge is 0.0321 e. The van der Waals surface area contributed by atoms with Crippen molar-refractivity contribution in [3.05, 3.63) is 21.9 Å². The number of aryl methyl sites for hydroxylation is 1. The summed E-state index contributed by atoms with van der Waals surface area (Å²) in [5.41, 5.74) is 7.67. The minimum absolute atomic E-state index is 0.181. The van der Waals surface area contributed by atoms with E-state index in [1.807, 2.05) is 0 Å². The lowest BCUT2D eigenvalue weighted by Crippen LogP contribution is -2.50. The van der Waals surface area contributed by atoms with Gasteiger partial charge in [0.05, 0.1) is 0 Å². The Kier molecular flexibility index (Phi) is 4.20. The monoisotopic (exact) mass is 253 g/mol. The average molecular weight is 253 g/mol. The largest absolute Gasteiger partial charge is 0.324 e. The Bertz CT molecular complexity index is 363. The zero-order chi connectivity index (χ0) is 12.4. The summed E-state index contributed by atoms with van der Waals surface area (Å²) in [7, 11) is 4.41. The molecule has 3 nitrogen and oxygen atoms in total. The summed E-state index contributed by atoms with van der Waals surface area (Å²) < 4.78 is 0. The van der Waals surface area contributed by atoms with Gasteiger partial charge < -0.3 is 15.5 Å². The van der Waals surface area contributed by atoms with Crippen molar-refractivity contribution < 1.29 is 0 Å². The highest BCUT2D eigenvalue weighted by atomic mass is 32.1.